The highest BCUT2D eigenvalue weighted by Crippen LogP contribution is 2.32. The summed E-state index contributed by atoms with van der Waals surface area (Å²) in [4.78, 5) is 26.6. The number of rotatable bonds is 3. The molecular formula is C14H20N4O4. The van der Waals surface area contributed by atoms with Crippen LogP contribution in [0.5, 0.6) is 11.5 Å². The summed E-state index contributed by atoms with van der Waals surface area (Å²) >= 11 is 0. The van der Waals surface area contributed by atoms with Gasteiger partial charge in [-0.15, -0.1) is 0 Å². The second-order valence-corrected chi connectivity index (χ2v) is 4.79. The summed E-state index contributed by atoms with van der Waals surface area (Å²) in [5.74, 6) is 5.00. The third-order valence-electron chi connectivity index (χ3n) is 3.62. The summed E-state index contributed by atoms with van der Waals surface area (Å²) in [6.07, 6.45) is 0. The number of hydrazine groups is 1. The number of ether oxygens (including phenoxy) is 2. The summed E-state index contributed by atoms with van der Waals surface area (Å²) in [6, 6.07) is 5.59. The van der Waals surface area contributed by atoms with Crippen LogP contribution in [0.3, 0.4) is 0 Å². The van der Waals surface area contributed by atoms with Crippen LogP contribution in [0.2, 0.25) is 0 Å². The zero-order chi connectivity index (χ0) is 16.1. The average molecular weight is 308 g/mol. The molecule has 1 aliphatic heterocycles. The molecule has 1 aliphatic rings. The monoisotopic (exact) mass is 308 g/mol. The molecule has 1 aromatic rings. The van der Waals surface area contributed by atoms with Crippen molar-refractivity contribution in [1.29, 1.82) is 0 Å². The molecule has 8 nitrogen and oxygen atoms in total. The van der Waals surface area contributed by atoms with Crippen LogP contribution in [-0.2, 0) is 9.59 Å². The molecule has 0 saturated carbocycles. The zero-order valence-electron chi connectivity index (χ0n) is 12.7. The maximum Gasteiger partial charge on any atom is 0.323 e. The normalized spacial score (nSPS) is 14.5. The van der Waals surface area contributed by atoms with Gasteiger partial charge < -0.3 is 19.3 Å². The van der Waals surface area contributed by atoms with Crippen molar-refractivity contribution >= 4 is 17.5 Å². The number of methoxy groups -OCH3 is 2. The van der Waals surface area contributed by atoms with E-state index in [0.717, 1.165) is 5.69 Å². The Morgan fingerprint density at radius 2 is 1.82 bits per heavy atom. The quantitative estimate of drug-likeness (QED) is 0.333. The summed E-state index contributed by atoms with van der Waals surface area (Å²) in [7, 11) is 3.20. The van der Waals surface area contributed by atoms with Crippen molar-refractivity contribution in [2.75, 3.05) is 45.3 Å². The predicted octanol–water partition coefficient (Wildman–Crippen LogP) is -0.658. The summed E-state index contributed by atoms with van der Waals surface area (Å²) in [6.45, 7) is 2.10. The second kappa shape index (κ2) is 6.99. The fourth-order valence-electron chi connectivity index (χ4n) is 2.40. The van der Waals surface area contributed by atoms with Crippen LogP contribution in [0.1, 0.15) is 0 Å². The highest BCUT2D eigenvalue weighted by molar-refractivity contribution is 6.34. The number of nitrogens with two attached hydrogens (primary N) is 1. The molecule has 2 rings (SSSR count). The van der Waals surface area contributed by atoms with Crippen molar-refractivity contribution < 1.29 is 19.1 Å². The highest BCUT2D eigenvalue weighted by Gasteiger charge is 2.26. The molecule has 2 amide bonds. The Morgan fingerprint density at radius 1 is 1.14 bits per heavy atom. The number of piperazine rings is 1. The maximum atomic E-state index is 11.8. The van der Waals surface area contributed by atoms with Gasteiger partial charge >= 0.3 is 11.8 Å². The van der Waals surface area contributed by atoms with Crippen molar-refractivity contribution in [2.24, 2.45) is 5.84 Å². The van der Waals surface area contributed by atoms with Crippen LogP contribution >= 0.6 is 0 Å². The third kappa shape index (κ3) is 3.22. The van der Waals surface area contributed by atoms with Gasteiger partial charge in [0.1, 0.15) is 11.5 Å². The van der Waals surface area contributed by atoms with E-state index in [9.17, 15) is 9.59 Å². The van der Waals surface area contributed by atoms with E-state index in [1.807, 2.05) is 23.6 Å². The van der Waals surface area contributed by atoms with Crippen molar-refractivity contribution in [3.05, 3.63) is 18.2 Å². The Kier molecular flexibility index (Phi) is 5.05. The van der Waals surface area contributed by atoms with Crippen LogP contribution in [0.15, 0.2) is 18.2 Å². The number of carbonyl (C=O) groups excluding carboxylic acids is 2. The van der Waals surface area contributed by atoms with Gasteiger partial charge in [-0.05, 0) is 12.1 Å². The van der Waals surface area contributed by atoms with Gasteiger partial charge in [0.2, 0.25) is 0 Å². The lowest BCUT2D eigenvalue weighted by molar-refractivity contribution is -0.146. The SMILES string of the molecule is COc1ccc(N2CCN(C(=O)C(=O)NN)CC2)c(OC)c1. The van der Waals surface area contributed by atoms with Crippen LogP contribution in [0, 0.1) is 0 Å². The van der Waals surface area contributed by atoms with Gasteiger partial charge in [-0.3, -0.25) is 15.0 Å². The first kappa shape index (κ1) is 15.9. The van der Waals surface area contributed by atoms with Gasteiger partial charge in [-0.25, -0.2) is 5.84 Å². The minimum absolute atomic E-state index is 0.446. The summed E-state index contributed by atoms with van der Waals surface area (Å²) < 4.78 is 10.6. The Labute approximate surface area is 128 Å². The lowest BCUT2D eigenvalue weighted by Crippen LogP contribution is -2.53. The molecule has 1 saturated heterocycles. The van der Waals surface area contributed by atoms with Crippen molar-refractivity contribution in [1.82, 2.24) is 10.3 Å². The molecule has 0 atom stereocenters. The van der Waals surface area contributed by atoms with Crippen molar-refractivity contribution in [2.45, 2.75) is 0 Å². The fourth-order valence-corrected chi connectivity index (χ4v) is 2.40. The van der Waals surface area contributed by atoms with Crippen LogP contribution in [-0.4, -0.2) is 57.1 Å². The highest BCUT2D eigenvalue weighted by atomic mass is 16.5. The molecule has 1 heterocycles. The number of hydrogen-bond acceptors (Lipinski definition) is 6. The van der Waals surface area contributed by atoms with Crippen LogP contribution < -0.4 is 25.6 Å². The summed E-state index contributed by atoms with van der Waals surface area (Å²) in [5, 5.41) is 0. The van der Waals surface area contributed by atoms with E-state index in [1.165, 1.54) is 4.90 Å². The number of benzene rings is 1. The lowest BCUT2D eigenvalue weighted by atomic mass is 10.2. The molecule has 0 bridgehead atoms. The molecule has 0 radical (unpaired) electrons. The standard InChI is InChI=1S/C14H20N4O4/c1-21-10-3-4-11(12(9-10)22-2)17-5-7-18(8-6-17)14(20)13(19)16-15/h3-4,9H,5-8,15H2,1-2H3,(H,16,19). The van der Waals surface area contributed by atoms with Crippen molar-refractivity contribution in [3.63, 3.8) is 0 Å². The average Bonchev–Trinajstić information content (AvgIpc) is 2.59. The topological polar surface area (TPSA) is 97.1 Å². The number of nitrogens with zero attached hydrogens (tertiary/aromatic N) is 2. The third-order valence-corrected chi connectivity index (χ3v) is 3.62. The van der Waals surface area contributed by atoms with E-state index in [4.69, 9.17) is 15.3 Å². The van der Waals surface area contributed by atoms with Gasteiger partial charge in [0.25, 0.3) is 0 Å². The molecule has 0 aliphatic carbocycles. The Morgan fingerprint density at radius 3 is 2.36 bits per heavy atom. The van der Waals surface area contributed by atoms with E-state index in [1.54, 1.807) is 14.2 Å². The minimum Gasteiger partial charge on any atom is -0.497 e. The van der Waals surface area contributed by atoms with Crippen molar-refractivity contribution in [3.8, 4) is 11.5 Å². The fraction of sp³-hybridized carbons (Fsp3) is 0.429. The zero-order valence-corrected chi connectivity index (χ0v) is 12.7. The molecule has 8 heteroatoms. The van der Waals surface area contributed by atoms with Gasteiger partial charge in [0.15, 0.2) is 0 Å². The van der Waals surface area contributed by atoms with E-state index in [2.05, 4.69) is 4.90 Å². The second-order valence-electron chi connectivity index (χ2n) is 4.79. The Hall–Kier alpha value is -2.48. The van der Waals surface area contributed by atoms with Gasteiger partial charge in [-0.1, -0.05) is 0 Å². The van der Waals surface area contributed by atoms with E-state index in [0.29, 0.717) is 37.7 Å². The first-order valence-electron chi connectivity index (χ1n) is 6.87. The summed E-state index contributed by atoms with van der Waals surface area (Å²) in [5.41, 5.74) is 2.79. The number of amides is 2. The van der Waals surface area contributed by atoms with Gasteiger partial charge in [0, 0.05) is 32.2 Å². The Balaban J connectivity index is 2.05. The Bertz CT molecular complexity index is 556. The van der Waals surface area contributed by atoms with Gasteiger partial charge in [-0.2, -0.15) is 0 Å². The van der Waals surface area contributed by atoms with E-state index >= 15 is 0 Å². The number of carbonyl (C=O) groups is 2. The maximum absolute atomic E-state index is 11.8. The first-order valence-corrected chi connectivity index (χ1v) is 6.87. The molecule has 3 N–H and O–H groups in total. The predicted molar refractivity (Wildman–Crippen MR) is 80.7 cm³/mol. The molecular weight excluding hydrogens is 288 g/mol. The molecule has 1 aromatic carbocycles. The van der Waals surface area contributed by atoms with Crippen LogP contribution in [0.4, 0.5) is 5.69 Å². The number of hydrogen-bond donors (Lipinski definition) is 2. The molecule has 120 valence electrons. The molecule has 22 heavy (non-hydrogen) atoms. The first-order chi connectivity index (χ1) is 10.6. The largest absolute Gasteiger partial charge is 0.497 e. The molecule has 0 aromatic heterocycles. The smallest absolute Gasteiger partial charge is 0.323 e. The number of anilines is 1. The van der Waals surface area contributed by atoms with Crippen LogP contribution in [0.25, 0.3) is 0 Å². The molecule has 0 spiro atoms. The lowest BCUT2D eigenvalue weighted by Gasteiger charge is -2.36. The minimum atomic E-state index is -0.796. The molecule has 1 fully saturated rings. The van der Waals surface area contributed by atoms with Gasteiger partial charge in [0.05, 0.1) is 19.9 Å². The number of nitrogens with one attached hydrogen (secondary N) is 1. The molecule has 0 unspecified atom stereocenters. The van der Waals surface area contributed by atoms with E-state index < -0.39 is 11.8 Å². The van der Waals surface area contributed by atoms with E-state index in [-0.39, 0.29) is 0 Å².